The van der Waals surface area contributed by atoms with Gasteiger partial charge in [0.15, 0.2) is 0 Å². The van der Waals surface area contributed by atoms with Gasteiger partial charge in [0.25, 0.3) is 0 Å². The van der Waals surface area contributed by atoms with E-state index in [0.717, 1.165) is 29.8 Å². The molecule has 2 aromatic rings. The zero-order chi connectivity index (χ0) is 17.6. The largest absolute Gasteiger partial charge is 0.347 e. The maximum Gasteiger partial charge on any atom is 0.244 e. The number of carbonyl (C=O) groups excluding carboxylic acids is 2. The van der Waals surface area contributed by atoms with Crippen LogP contribution in [0.2, 0.25) is 0 Å². The van der Waals surface area contributed by atoms with E-state index in [1.54, 1.807) is 16.7 Å². The molecule has 2 aliphatic heterocycles. The molecule has 4 rings (SSSR count). The van der Waals surface area contributed by atoms with E-state index >= 15 is 0 Å². The molecule has 0 unspecified atom stereocenters. The first-order valence-electron chi connectivity index (χ1n) is 8.71. The van der Waals surface area contributed by atoms with Crippen molar-refractivity contribution in [2.75, 3.05) is 5.75 Å². The number of para-hydroxylation sites is 2. The van der Waals surface area contributed by atoms with Crippen LogP contribution in [-0.4, -0.2) is 42.9 Å². The van der Waals surface area contributed by atoms with Gasteiger partial charge in [-0.1, -0.05) is 12.1 Å². The Morgan fingerprint density at radius 2 is 2.24 bits per heavy atom. The van der Waals surface area contributed by atoms with E-state index in [1.165, 1.54) is 0 Å². The molecule has 6 nitrogen and oxygen atoms in total. The molecule has 0 aliphatic carbocycles. The van der Waals surface area contributed by atoms with Crippen LogP contribution in [0.1, 0.15) is 32.5 Å². The lowest BCUT2D eigenvalue weighted by molar-refractivity contribution is -0.138. The summed E-state index contributed by atoms with van der Waals surface area (Å²) in [5, 5.41) is 3.00. The van der Waals surface area contributed by atoms with Crippen molar-refractivity contribution >= 4 is 34.6 Å². The Kier molecular flexibility index (Phi) is 3.98. The number of nitrogens with one attached hydrogen (secondary N) is 1. The highest BCUT2D eigenvalue weighted by atomic mass is 32.2. The quantitative estimate of drug-likeness (QED) is 0.909. The van der Waals surface area contributed by atoms with Crippen LogP contribution >= 0.6 is 11.8 Å². The van der Waals surface area contributed by atoms with E-state index in [2.05, 4.69) is 28.7 Å². The first-order valence-corrected chi connectivity index (χ1v) is 9.70. The number of carbonyl (C=O) groups is 2. The van der Waals surface area contributed by atoms with Crippen LogP contribution in [0.3, 0.4) is 0 Å². The minimum absolute atomic E-state index is 0.0822. The van der Waals surface area contributed by atoms with Gasteiger partial charge in [-0.05, 0) is 32.4 Å². The Labute approximate surface area is 151 Å². The zero-order valence-corrected chi connectivity index (χ0v) is 15.3. The van der Waals surface area contributed by atoms with Crippen molar-refractivity contribution in [3.05, 3.63) is 30.1 Å². The number of aryl methyl sites for hydroxylation is 1. The van der Waals surface area contributed by atoms with Crippen molar-refractivity contribution in [3.63, 3.8) is 0 Å². The van der Waals surface area contributed by atoms with E-state index < -0.39 is 0 Å². The molecule has 1 aromatic carbocycles. The number of amides is 2. The van der Waals surface area contributed by atoms with Crippen molar-refractivity contribution in [2.24, 2.45) is 0 Å². The second-order valence-electron chi connectivity index (χ2n) is 6.74. The molecule has 0 bridgehead atoms. The molecule has 2 saturated heterocycles. The SMILES string of the molecule is CCn1c(CNC(=O)[C@H]2CS[C@@]3(C)CCC(=O)N23)nc2ccccc21. The Morgan fingerprint density at radius 3 is 3.04 bits per heavy atom. The maximum absolute atomic E-state index is 12.7. The summed E-state index contributed by atoms with van der Waals surface area (Å²) in [6.07, 6.45) is 1.37. The van der Waals surface area contributed by atoms with Crippen LogP contribution in [0, 0.1) is 0 Å². The molecule has 25 heavy (non-hydrogen) atoms. The van der Waals surface area contributed by atoms with Crippen LogP contribution < -0.4 is 5.32 Å². The lowest BCUT2D eigenvalue weighted by atomic mass is 10.2. The standard InChI is InChI=1S/C18H22N4O2S/c1-3-21-13-7-5-4-6-12(13)20-15(21)10-19-17(24)14-11-25-18(2)9-8-16(23)22(14)18/h4-7,14H,3,8-11H2,1-2H3,(H,19,24)/t14-,18+/m1/s1. The third kappa shape index (κ3) is 2.61. The third-order valence-electron chi connectivity index (χ3n) is 5.22. The summed E-state index contributed by atoms with van der Waals surface area (Å²) in [6, 6.07) is 7.61. The molecule has 2 atom stereocenters. The molecular formula is C18H22N4O2S. The van der Waals surface area contributed by atoms with E-state index in [1.807, 2.05) is 24.3 Å². The molecule has 0 saturated carbocycles. The Balaban J connectivity index is 1.50. The molecule has 3 heterocycles. The van der Waals surface area contributed by atoms with Crippen LogP contribution in [0.25, 0.3) is 11.0 Å². The fraction of sp³-hybridized carbons (Fsp3) is 0.500. The van der Waals surface area contributed by atoms with Crippen LogP contribution in [-0.2, 0) is 22.7 Å². The fourth-order valence-corrected chi connectivity index (χ4v) is 5.34. The van der Waals surface area contributed by atoms with Crippen LogP contribution in [0.15, 0.2) is 24.3 Å². The van der Waals surface area contributed by atoms with Gasteiger partial charge in [0.2, 0.25) is 11.8 Å². The Hall–Kier alpha value is -2.02. The van der Waals surface area contributed by atoms with Gasteiger partial charge in [0, 0.05) is 18.7 Å². The highest BCUT2D eigenvalue weighted by Crippen LogP contribution is 2.47. The van der Waals surface area contributed by atoms with Gasteiger partial charge in [-0.25, -0.2) is 4.98 Å². The van der Waals surface area contributed by atoms with Crippen LogP contribution in [0.5, 0.6) is 0 Å². The summed E-state index contributed by atoms with van der Waals surface area (Å²) in [5.41, 5.74) is 2.01. The molecule has 1 aromatic heterocycles. The topological polar surface area (TPSA) is 67.2 Å². The number of hydrogen-bond acceptors (Lipinski definition) is 4. The normalized spacial score (nSPS) is 25.6. The molecule has 2 fully saturated rings. The summed E-state index contributed by atoms with van der Waals surface area (Å²) in [4.78, 5) is 31.1. The maximum atomic E-state index is 12.7. The van der Waals surface area contributed by atoms with E-state index in [4.69, 9.17) is 0 Å². The lowest BCUT2D eigenvalue weighted by Crippen LogP contribution is -2.50. The van der Waals surface area contributed by atoms with Gasteiger partial charge in [-0.15, -0.1) is 11.8 Å². The monoisotopic (exact) mass is 358 g/mol. The summed E-state index contributed by atoms with van der Waals surface area (Å²) in [6.45, 7) is 5.31. The van der Waals surface area contributed by atoms with Crippen molar-refractivity contribution in [3.8, 4) is 0 Å². The molecule has 2 aliphatic rings. The number of imidazole rings is 1. The summed E-state index contributed by atoms with van der Waals surface area (Å²) in [7, 11) is 0. The Bertz CT molecular complexity index is 849. The molecular weight excluding hydrogens is 336 g/mol. The first-order chi connectivity index (χ1) is 12.0. The molecule has 2 amide bonds. The van der Waals surface area contributed by atoms with Gasteiger partial charge >= 0.3 is 0 Å². The average Bonchev–Trinajstić information content (AvgIpc) is 3.23. The zero-order valence-electron chi connectivity index (χ0n) is 14.5. The van der Waals surface area contributed by atoms with Crippen molar-refractivity contribution in [1.82, 2.24) is 19.8 Å². The number of fused-ring (bicyclic) bond motifs is 2. The highest BCUT2D eigenvalue weighted by molar-refractivity contribution is 8.01. The van der Waals surface area contributed by atoms with Crippen molar-refractivity contribution in [1.29, 1.82) is 0 Å². The molecule has 1 N–H and O–H groups in total. The first kappa shape index (κ1) is 16.4. The highest BCUT2D eigenvalue weighted by Gasteiger charge is 2.52. The van der Waals surface area contributed by atoms with E-state index in [0.29, 0.717) is 18.7 Å². The number of benzene rings is 1. The smallest absolute Gasteiger partial charge is 0.244 e. The molecule has 0 spiro atoms. The summed E-state index contributed by atoms with van der Waals surface area (Å²) < 4.78 is 2.12. The molecule has 7 heteroatoms. The predicted molar refractivity (Wildman–Crippen MR) is 98.0 cm³/mol. The summed E-state index contributed by atoms with van der Waals surface area (Å²) >= 11 is 1.71. The van der Waals surface area contributed by atoms with Crippen LogP contribution in [0.4, 0.5) is 0 Å². The molecule has 132 valence electrons. The fourth-order valence-electron chi connectivity index (χ4n) is 3.91. The van der Waals surface area contributed by atoms with Crippen molar-refractivity contribution < 1.29 is 9.59 Å². The second-order valence-corrected chi connectivity index (χ2v) is 8.25. The summed E-state index contributed by atoms with van der Waals surface area (Å²) in [5.74, 6) is 1.52. The van der Waals surface area contributed by atoms with Gasteiger partial charge in [0.05, 0.1) is 22.4 Å². The minimum Gasteiger partial charge on any atom is -0.347 e. The molecule has 0 radical (unpaired) electrons. The van der Waals surface area contributed by atoms with Gasteiger partial charge in [0.1, 0.15) is 11.9 Å². The number of rotatable bonds is 4. The predicted octanol–water partition coefficient (Wildman–Crippen LogP) is 2.13. The van der Waals surface area contributed by atoms with Gasteiger partial charge < -0.3 is 14.8 Å². The average molecular weight is 358 g/mol. The number of aromatic nitrogens is 2. The lowest BCUT2D eigenvalue weighted by Gasteiger charge is -2.29. The number of hydrogen-bond donors (Lipinski definition) is 1. The van der Waals surface area contributed by atoms with Gasteiger partial charge in [-0.2, -0.15) is 0 Å². The van der Waals surface area contributed by atoms with Gasteiger partial charge in [-0.3, -0.25) is 9.59 Å². The van der Waals surface area contributed by atoms with E-state index in [9.17, 15) is 9.59 Å². The second kappa shape index (κ2) is 6.05. The Morgan fingerprint density at radius 1 is 1.44 bits per heavy atom. The van der Waals surface area contributed by atoms with E-state index in [-0.39, 0.29) is 22.7 Å². The third-order valence-corrected chi connectivity index (χ3v) is 6.72. The number of nitrogens with zero attached hydrogens (tertiary/aromatic N) is 3. The van der Waals surface area contributed by atoms with Crippen molar-refractivity contribution in [2.45, 2.75) is 50.7 Å². The number of thioether (sulfide) groups is 1. The minimum atomic E-state index is -0.371.